The van der Waals surface area contributed by atoms with Crippen LogP contribution in [0.2, 0.25) is 0 Å². The SMILES string of the molecule is CCC(O)(CC)C(O)CCc1cccs1. The summed E-state index contributed by atoms with van der Waals surface area (Å²) >= 11 is 1.70. The summed E-state index contributed by atoms with van der Waals surface area (Å²) in [5.41, 5.74) is -0.905. The number of aliphatic hydroxyl groups excluding tert-OH is 1. The molecule has 15 heavy (non-hydrogen) atoms. The molecule has 0 amide bonds. The van der Waals surface area contributed by atoms with E-state index in [0.717, 1.165) is 6.42 Å². The van der Waals surface area contributed by atoms with Crippen LogP contribution < -0.4 is 0 Å². The van der Waals surface area contributed by atoms with Crippen molar-refractivity contribution in [3.05, 3.63) is 22.4 Å². The van der Waals surface area contributed by atoms with Crippen molar-refractivity contribution in [1.29, 1.82) is 0 Å². The molecule has 0 radical (unpaired) electrons. The first kappa shape index (κ1) is 12.7. The van der Waals surface area contributed by atoms with Crippen molar-refractivity contribution in [3.8, 4) is 0 Å². The van der Waals surface area contributed by atoms with E-state index in [9.17, 15) is 10.2 Å². The largest absolute Gasteiger partial charge is 0.390 e. The molecular formula is C12H20O2S. The molecule has 0 aromatic carbocycles. The first-order chi connectivity index (χ1) is 7.12. The lowest BCUT2D eigenvalue weighted by atomic mass is 9.88. The van der Waals surface area contributed by atoms with E-state index in [1.807, 2.05) is 25.3 Å². The normalized spacial score (nSPS) is 14.1. The van der Waals surface area contributed by atoms with Crippen LogP contribution in [0.3, 0.4) is 0 Å². The molecule has 86 valence electrons. The summed E-state index contributed by atoms with van der Waals surface area (Å²) < 4.78 is 0. The second kappa shape index (κ2) is 5.64. The molecule has 3 heteroatoms. The van der Waals surface area contributed by atoms with E-state index in [2.05, 4.69) is 6.07 Å². The minimum Gasteiger partial charge on any atom is -0.390 e. The fraction of sp³-hybridized carbons (Fsp3) is 0.667. The molecule has 0 aliphatic heterocycles. The molecule has 1 aromatic rings. The zero-order valence-corrected chi connectivity index (χ0v) is 10.3. The van der Waals surface area contributed by atoms with Crippen LogP contribution in [0.25, 0.3) is 0 Å². The van der Waals surface area contributed by atoms with Gasteiger partial charge in [0.25, 0.3) is 0 Å². The molecule has 2 N–H and O–H groups in total. The van der Waals surface area contributed by atoms with Crippen LogP contribution in [0, 0.1) is 0 Å². The second-order valence-corrected chi connectivity index (χ2v) is 4.98. The predicted octanol–water partition coefficient (Wildman–Crippen LogP) is 2.59. The highest BCUT2D eigenvalue weighted by molar-refractivity contribution is 7.09. The van der Waals surface area contributed by atoms with Crippen LogP contribution in [0.15, 0.2) is 17.5 Å². The van der Waals surface area contributed by atoms with Crippen molar-refractivity contribution >= 4 is 11.3 Å². The van der Waals surface area contributed by atoms with E-state index in [1.165, 1.54) is 4.88 Å². The summed E-state index contributed by atoms with van der Waals surface area (Å²) in [5.74, 6) is 0. The summed E-state index contributed by atoms with van der Waals surface area (Å²) in [6, 6.07) is 4.08. The average Bonchev–Trinajstić information content (AvgIpc) is 2.77. The van der Waals surface area contributed by atoms with Crippen molar-refractivity contribution in [3.63, 3.8) is 0 Å². The van der Waals surface area contributed by atoms with Gasteiger partial charge in [0, 0.05) is 4.88 Å². The van der Waals surface area contributed by atoms with Crippen molar-refractivity contribution in [2.75, 3.05) is 0 Å². The smallest absolute Gasteiger partial charge is 0.0900 e. The van der Waals surface area contributed by atoms with E-state index < -0.39 is 11.7 Å². The summed E-state index contributed by atoms with van der Waals surface area (Å²) in [6.07, 6.45) is 2.08. The van der Waals surface area contributed by atoms with Crippen LogP contribution in [0.1, 0.15) is 38.0 Å². The molecular weight excluding hydrogens is 208 g/mol. The maximum Gasteiger partial charge on any atom is 0.0900 e. The lowest BCUT2D eigenvalue weighted by molar-refractivity contribution is -0.0824. The lowest BCUT2D eigenvalue weighted by Gasteiger charge is -2.30. The zero-order valence-electron chi connectivity index (χ0n) is 9.44. The fourth-order valence-corrected chi connectivity index (χ4v) is 2.45. The highest BCUT2D eigenvalue weighted by Crippen LogP contribution is 2.23. The molecule has 0 aliphatic carbocycles. The summed E-state index contributed by atoms with van der Waals surface area (Å²) in [6.45, 7) is 3.83. The van der Waals surface area contributed by atoms with Crippen LogP contribution in [-0.2, 0) is 6.42 Å². The van der Waals surface area contributed by atoms with E-state index >= 15 is 0 Å². The first-order valence-electron chi connectivity index (χ1n) is 5.55. The maximum absolute atomic E-state index is 10.1. The third-order valence-corrected chi connectivity index (χ3v) is 4.03. The minimum atomic E-state index is -0.905. The number of aliphatic hydroxyl groups is 2. The third kappa shape index (κ3) is 3.30. The molecule has 2 nitrogen and oxygen atoms in total. The number of aryl methyl sites for hydroxylation is 1. The number of hydrogen-bond acceptors (Lipinski definition) is 3. The monoisotopic (exact) mass is 228 g/mol. The van der Waals surface area contributed by atoms with Gasteiger partial charge in [-0.15, -0.1) is 11.3 Å². The lowest BCUT2D eigenvalue weighted by Crippen LogP contribution is -2.41. The average molecular weight is 228 g/mol. The zero-order chi connectivity index (χ0) is 11.3. The molecule has 0 saturated heterocycles. The molecule has 0 aliphatic rings. The van der Waals surface area contributed by atoms with E-state index in [0.29, 0.717) is 19.3 Å². The predicted molar refractivity (Wildman–Crippen MR) is 64.2 cm³/mol. The van der Waals surface area contributed by atoms with Gasteiger partial charge < -0.3 is 10.2 Å². The maximum atomic E-state index is 10.1. The molecule has 0 bridgehead atoms. The van der Waals surface area contributed by atoms with Gasteiger partial charge in [0.15, 0.2) is 0 Å². The molecule has 1 unspecified atom stereocenters. The molecule has 1 atom stereocenters. The van der Waals surface area contributed by atoms with Crippen LogP contribution >= 0.6 is 11.3 Å². The van der Waals surface area contributed by atoms with Gasteiger partial charge in [0.1, 0.15) is 0 Å². The highest BCUT2D eigenvalue weighted by atomic mass is 32.1. The van der Waals surface area contributed by atoms with Crippen molar-refractivity contribution < 1.29 is 10.2 Å². The van der Waals surface area contributed by atoms with Crippen molar-refractivity contribution in [2.45, 2.75) is 51.2 Å². The number of thiophene rings is 1. The van der Waals surface area contributed by atoms with Crippen LogP contribution in [0.5, 0.6) is 0 Å². The molecule has 0 spiro atoms. The van der Waals surface area contributed by atoms with Gasteiger partial charge in [0.2, 0.25) is 0 Å². The summed E-state index contributed by atoms with van der Waals surface area (Å²) in [7, 11) is 0. The molecule has 1 rings (SSSR count). The first-order valence-corrected chi connectivity index (χ1v) is 6.43. The van der Waals surface area contributed by atoms with Crippen LogP contribution in [-0.4, -0.2) is 21.9 Å². The molecule has 0 saturated carbocycles. The Balaban J connectivity index is 2.44. The minimum absolute atomic E-state index is 0.606. The Hall–Kier alpha value is -0.380. The van der Waals surface area contributed by atoms with Crippen molar-refractivity contribution in [1.82, 2.24) is 0 Å². The molecule has 1 aromatic heterocycles. The second-order valence-electron chi connectivity index (χ2n) is 3.94. The van der Waals surface area contributed by atoms with Gasteiger partial charge in [-0.25, -0.2) is 0 Å². The Morgan fingerprint density at radius 1 is 1.40 bits per heavy atom. The standard InChI is InChI=1S/C12H20O2S/c1-3-12(14,4-2)11(13)8-7-10-6-5-9-15-10/h5-6,9,11,13-14H,3-4,7-8H2,1-2H3. The van der Waals surface area contributed by atoms with Crippen molar-refractivity contribution in [2.24, 2.45) is 0 Å². The number of hydrogen-bond donors (Lipinski definition) is 2. The van der Waals surface area contributed by atoms with Gasteiger partial charge in [-0.1, -0.05) is 19.9 Å². The van der Waals surface area contributed by atoms with E-state index in [1.54, 1.807) is 11.3 Å². The Morgan fingerprint density at radius 3 is 2.53 bits per heavy atom. The molecule has 1 heterocycles. The van der Waals surface area contributed by atoms with Crippen LogP contribution in [0.4, 0.5) is 0 Å². The van der Waals surface area contributed by atoms with E-state index in [-0.39, 0.29) is 0 Å². The Kier molecular flexibility index (Phi) is 4.77. The summed E-state index contributed by atoms with van der Waals surface area (Å²) in [4.78, 5) is 1.27. The van der Waals surface area contributed by atoms with Gasteiger partial charge in [-0.3, -0.25) is 0 Å². The van der Waals surface area contributed by atoms with Gasteiger partial charge in [0.05, 0.1) is 11.7 Å². The van der Waals surface area contributed by atoms with E-state index in [4.69, 9.17) is 0 Å². The quantitative estimate of drug-likeness (QED) is 0.785. The Morgan fingerprint density at radius 2 is 2.07 bits per heavy atom. The molecule has 0 fully saturated rings. The topological polar surface area (TPSA) is 40.5 Å². The Labute approximate surface area is 95.6 Å². The Bertz CT molecular complexity index is 265. The summed E-state index contributed by atoms with van der Waals surface area (Å²) in [5, 5.41) is 22.0. The fourth-order valence-electron chi connectivity index (χ4n) is 1.72. The number of rotatable bonds is 6. The van der Waals surface area contributed by atoms with Gasteiger partial charge in [-0.05, 0) is 37.1 Å². The van der Waals surface area contributed by atoms with Gasteiger partial charge >= 0.3 is 0 Å². The van der Waals surface area contributed by atoms with Gasteiger partial charge in [-0.2, -0.15) is 0 Å². The highest BCUT2D eigenvalue weighted by Gasteiger charge is 2.31. The third-order valence-electron chi connectivity index (χ3n) is 3.09.